The van der Waals surface area contributed by atoms with Crippen molar-refractivity contribution in [2.45, 2.75) is 27.2 Å². The summed E-state index contributed by atoms with van der Waals surface area (Å²) in [7, 11) is 1.66. The van der Waals surface area contributed by atoms with Crippen LogP contribution in [0, 0.1) is 12.3 Å². The second kappa shape index (κ2) is 5.34. The normalized spacial score (nSPS) is 15.8. The van der Waals surface area contributed by atoms with Crippen molar-refractivity contribution in [3.8, 4) is 17.1 Å². The summed E-state index contributed by atoms with van der Waals surface area (Å²) in [6.07, 6.45) is 0.715. The molecule has 4 rings (SSSR count). The molecule has 0 aliphatic carbocycles. The number of amides is 1. The number of carbonyl (C=O) groups is 1. The van der Waals surface area contributed by atoms with Gasteiger partial charge in [0.25, 0.3) is 0 Å². The predicted molar refractivity (Wildman–Crippen MR) is 98.9 cm³/mol. The standard InChI is InChI=1S/C20H21N3O2/c1-11-5-6-13(17(7-11)25-4)18-21-15-8-12-10-20(2,3)19(24)23-14(12)9-16(15)22-18/h5-9H,10H2,1-4H3,(H,21,22)(H,23,24). The molecule has 2 N–H and O–H groups in total. The van der Waals surface area contributed by atoms with Gasteiger partial charge in [0.05, 0.1) is 23.7 Å². The lowest BCUT2D eigenvalue weighted by molar-refractivity contribution is -0.124. The summed E-state index contributed by atoms with van der Waals surface area (Å²) in [4.78, 5) is 20.3. The fourth-order valence-corrected chi connectivity index (χ4v) is 3.33. The Hall–Kier alpha value is -2.82. The minimum absolute atomic E-state index is 0.0512. The number of rotatable bonds is 2. The number of methoxy groups -OCH3 is 1. The molecule has 0 radical (unpaired) electrons. The van der Waals surface area contributed by atoms with Gasteiger partial charge in [-0.3, -0.25) is 4.79 Å². The molecule has 0 saturated heterocycles. The Balaban J connectivity index is 1.84. The van der Waals surface area contributed by atoms with E-state index in [0.29, 0.717) is 6.42 Å². The molecular formula is C20H21N3O2. The van der Waals surface area contributed by atoms with Crippen molar-refractivity contribution in [3.05, 3.63) is 41.5 Å². The molecule has 0 bridgehead atoms. The third-order valence-corrected chi connectivity index (χ3v) is 4.81. The Bertz CT molecular complexity index is 1000. The minimum atomic E-state index is -0.399. The minimum Gasteiger partial charge on any atom is -0.496 e. The number of fused-ring (bicyclic) bond motifs is 2. The van der Waals surface area contributed by atoms with E-state index in [2.05, 4.69) is 16.4 Å². The van der Waals surface area contributed by atoms with Crippen molar-refractivity contribution in [2.24, 2.45) is 5.41 Å². The lowest BCUT2D eigenvalue weighted by Gasteiger charge is -2.30. The summed E-state index contributed by atoms with van der Waals surface area (Å²) >= 11 is 0. The molecule has 1 amide bonds. The summed E-state index contributed by atoms with van der Waals surface area (Å²) in [5, 5.41) is 3.00. The van der Waals surface area contributed by atoms with Crippen molar-refractivity contribution < 1.29 is 9.53 Å². The van der Waals surface area contributed by atoms with Gasteiger partial charge in [-0.15, -0.1) is 0 Å². The first-order valence-corrected chi connectivity index (χ1v) is 8.36. The van der Waals surface area contributed by atoms with Crippen molar-refractivity contribution in [3.63, 3.8) is 0 Å². The molecule has 0 unspecified atom stereocenters. The molecule has 1 aliphatic rings. The number of carbonyl (C=O) groups excluding carboxylic acids is 1. The topological polar surface area (TPSA) is 67.0 Å². The zero-order valence-corrected chi connectivity index (χ0v) is 14.9. The maximum absolute atomic E-state index is 12.2. The van der Waals surface area contributed by atoms with Gasteiger partial charge in [0.1, 0.15) is 11.6 Å². The number of ether oxygens (including phenoxy) is 1. The van der Waals surface area contributed by atoms with Gasteiger partial charge < -0.3 is 15.0 Å². The number of aryl methyl sites for hydroxylation is 1. The lowest BCUT2D eigenvalue weighted by atomic mass is 9.81. The summed E-state index contributed by atoms with van der Waals surface area (Å²) < 4.78 is 5.50. The first-order valence-electron chi connectivity index (χ1n) is 8.36. The molecule has 2 heterocycles. The van der Waals surface area contributed by atoms with Crippen LogP contribution in [0.15, 0.2) is 30.3 Å². The third-order valence-electron chi connectivity index (χ3n) is 4.81. The number of anilines is 1. The number of H-pyrrole nitrogens is 1. The molecule has 128 valence electrons. The molecular weight excluding hydrogens is 314 g/mol. The summed E-state index contributed by atoms with van der Waals surface area (Å²) in [5.74, 6) is 1.60. The van der Waals surface area contributed by atoms with Gasteiger partial charge >= 0.3 is 0 Å². The monoisotopic (exact) mass is 335 g/mol. The van der Waals surface area contributed by atoms with Gasteiger partial charge in [-0.05, 0) is 48.7 Å². The second-order valence-corrected chi connectivity index (χ2v) is 7.33. The summed E-state index contributed by atoms with van der Waals surface area (Å²) in [6.45, 7) is 5.96. The van der Waals surface area contributed by atoms with Gasteiger partial charge in [-0.1, -0.05) is 19.9 Å². The quantitative estimate of drug-likeness (QED) is 0.742. The van der Waals surface area contributed by atoms with Crippen LogP contribution < -0.4 is 10.1 Å². The van der Waals surface area contributed by atoms with Gasteiger partial charge in [-0.2, -0.15) is 0 Å². The third kappa shape index (κ3) is 2.56. The van der Waals surface area contributed by atoms with Crippen molar-refractivity contribution in [1.29, 1.82) is 0 Å². The summed E-state index contributed by atoms with van der Waals surface area (Å²) in [6, 6.07) is 10.1. The molecule has 5 heteroatoms. The highest BCUT2D eigenvalue weighted by Gasteiger charge is 2.33. The zero-order valence-electron chi connectivity index (χ0n) is 14.9. The van der Waals surface area contributed by atoms with E-state index in [9.17, 15) is 4.79 Å². The van der Waals surface area contributed by atoms with Crippen LogP contribution in [0.3, 0.4) is 0 Å². The number of aromatic amines is 1. The molecule has 3 aromatic rings. The Labute approximate surface area is 146 Å². The van der Waals surface area contributed by atoms with Gasteiger partial charge in [0.15, 0.2) is 0 Å². The van der Waals surface area contributed by atoms with Crippen LogP contribution in [-0.2, 0) is 11.2 Å². The van der Waals surface area contributed by atoms with E-state index in [-0.39, 0.29) is 5.91 Å². The van der Waals surface area contributed by atoms with Crippen LogP contribution in [0.4, 0.5) is 5.69 Å². The highest BCUT2D eigenvalue weighted by atomic mass is 16.5. The molecule has 1 aromatic heterocycles. The van der Waals surface area contributed by atoms with Crippen LogP contribution >= 0.6 is 0 Å². The van der Waals surface area contributed by atoms with E-state index in [4.69, 9.17) is 9.72 Å². The largest absolute Gasteiger partial charge is 0.496 e. The highest BCUT2D eigenvalue weighted by molar-refractivity contribution is 6.00. The number of benzene rings is 2. The Morgan fingerprint density at radius 3 is 2.76 bits per heavy atom. The van der Waals surface area contributed by atoms with E-state index in [0.717, 1.165) is 45.0 Å². The van der Waals surface area contributed by atoms with Crippen LogP contribution in [0.1, 0.15) is 25.0 Å². The zero-order chi connectivity index (χ0) is 17.8. The van der Waals surface area contributed by atoms with E-state index in [1.807, 2.05) is 45.0 Å². The van der Waals surface area contributed by atoms with Crippen molar-refractivity contribution in [1.82, 2.24) is 9.97 Å². The smallest absolute Gasteiger partial charge is 0.230 e. The Morgan fingerprint density at radius 1 is 1.20 bits per heavy atom. The molecule has 5 nitrogen and oxygen atoms in total. The maximum Gasteiger partial charge on any atom is 0.230 e. The summed E-state index contributed by atoms with van der Waals surface area (Å²) in [5.41, 5.74) is 5.43. The van der Waals surface area contributed by atoms with Gasteiger partial charge in [0, 0.05) is 11.1 Å². The Morgan fingerprint density at radius 2 is 2.00 bits per heavy atom. The van der Waals surface area contributed by atoms with Crippen LogP contribution in [0.25, 0.3) is 22.4 Å². The van der Waals surface area contributed by atoms with Crippen molar-refractivity contribution in [2.75, 3.05) is 12.4 Å². The van der Waals surface area contributed by atoms with Gasteiger partial charge in [0.2, 0.25) is 5.91 Å². The molecule has 1 aliphatic heterocycles. The Kier molecular flexibility index (Phi) is 3.35. The first-order chi connectivity index (χ1) is 11.9. The lowest BCUT2D eigenvalue weighted by Crippen LogP contribution is -2.36. The average molecular weight is 335 g/mol. The molecule has 0 spiro atoms. The van der Waals surface area contributed by atoms with E-state index < -0.39 is 5.41 Å². The number of imidazole rings is 1. The number of aromatic nitrogens is 2. The number of nitrogens with one attached hydrogen (secondary N) is 2. The van der Waals surface area contributed by atoms with E-state index >= 15 is 0 Å². The molecule has 25 heavy (non-hydrogen) atoms. The fourth-order valence-electron chi connectivity index (χ4n) is 3.33. The SMILES string of the molecule is COc1cc(C)ccc1-c1nc2cc3c(cc2[nH]1)CC(C)(C)C(=O)N3. The fraction of sp³-hybridized carbons (Fsp3) is 0.300. The molecule has 2 aromatic carbocycles. The highest BCUT2D eigenvalue weighted by Crippen LogP contribution is 2.36. The number of hydrogen-bond acceptors (Lipinski definition) is 3. The van der Waals surface area contributed by atoms with Crippen LogP contribution in [0.2, 0.25) is 0 Å². The number of hydrogen-bond donors (Lipinski definition) is 2. The maximum atomic E-state index is 12.2. The van der Waals surface area contributed by atoms with Gasteiger partial charge in [-0.25, -0.2) is 4.98 Å². The second-order valence-electron chi connectivity index (χ2n) is 7.33. The average Bonchev–Trinajstić information content (AvgIpc) is 2.96. The van der Waals surface area contributed by atoms with E-state index in [1.54, 1.807) is 7.11 Å². The molecule has 0 saturated carbocycles. The number of nitrogens with zero attached hydrogens (tertiary/aromatic N) is 1. The van der Waals surface area contributed by atoms with Crippen LogP contribution in [0.5, 0.6) is 5.75 Å². The van der Waals surface area contributed by atoms with Crippen LogP contribution in [-0.4, -0.2) is 23.0 Å². The first kappa shape index (κ1) is 15.7. The predicted octanol–water partition coefficient (Wildman–Crippen LogP) is 4.07. The van der Waals surface area contributed by atoms with E-state index in [1.165, 1.54) is 0 Å². The van der Waals surface area contributed by atoms with Crippen molar-refractivity contribution >= 4 is 22.6 Å². The molecule has 0 fully saturated rings. The molecule has 0 atom stereocenters.